The molecule has 1 aromatic rings. The summed E-state index contributed by atoms with van der Waals surface area (Å²) in [6.45, 7) is 5.01. The SMILES string of the molecule is CCOCC(C)Oc1cc(N)cc(Cl)n1. The third-order valence-electron chi connectivity index (χ3n) is 1.67. The van der Waals surface area contributed by atoms with Crippen LogP contribution < -0.4 is 10.5 Å². The van der Waals surface area contributed by atoms with E-state index in [1.165, 1.54) is 0 Å². The lowest BCUT2D eigenvalue weighted by atomic mass is 10.4. The van der Waals surface area contributed by atoms with E-state index >= 15 is 0 Å². The van der Waals surface area contributed by atoms with Gasteiger partial charge in [-0.05, 0) is 19.9 Å². The van der Waals surface area contributed by atoms with Crippen LogP contribution in [0.5, 0.6) is 5.88 Å². The zero-order chi connectivity index (χ0) is 11.3. The van der Waals surface area contributed by atoms with Gasteiger partial charge in [-0.1, -0.05) is 11.6 Å². The van der Waals surface area contributed by atoms with Gasteiger partial charge in [0.05, 0.1) is 6.61 Å². The van der Waals surface area contributed by atoms with Crippen molar-refractivity contribution in [2.24, 2.45) is 0 Å². The first-order valence-corrected chi connectivity index (χ1v) is 5.17. The maximum Gasteiger partial charge on any atom is 0.217 e. The molecule has 0 aliphatic carbocycles. The van der Waals surface area contributed by atoms with Crippen molar-refractivity contribution >= 4 is 17.3 Å². The number of hydrogen-bond acceptors (Lipinski definition) is 4. The van der Waals surface area contributed by atoms with E-state index in [1.54, 1.807) is 12.1 Å². The molecule has 1 aromatic heterocycles. The normalized spacial score (nSPS) is 12.5. The first-order valence-electron chi connectivity index (χ1n) is 4.79. The Morgan fingerprint density at radius 3 is 2.87 bits per heavy atom. The van der Waals surface area contributed by atoms with Crippen LogP contribution in [0, 0.1) is 0 Å². The van der Waals surface area contributed by atoms with Crippen LogP contribution in [-0.4, -0.2) is 24.3 Å². The summed E-state index contributed by atoms with van der Waals surface area (Å²) in [4.78, 5) is 3.99. The Morgan fingerprint density at radius 2 is 2.27 bits per heavy atom. The van der Waals surface area contributed by atoms with Gasteiger partial charge in [0.1, 0.15) is 11.3 Å². The van der Waals surface area contributed by atoms with E-state index in [4.69, 9.17) is 26.8 Å². The molecule has 5 heteroatoms. The number of hydrogen-bond donors (Lipinski definition) is 1. The van der Waals surface area contributed by atoms with E-state index in [0.717, 1.165) is 0 Å². The number of pyridine rings is 1. The second-order valence-corrected chi connectivity index (χ2v) is 3.54. The molecule has 0 aromatic carbocycles. The van der Waals surface area contributed by atoms with Crippen molar-refractivity contribution in [2.75, 3.05) is 18.9 Å². The highest BCUT2D eigenvalue weighted by atomic mass is 35.5. The second kappa shape index (κ2) is 5.78. The fourth-order valence-corrected chi connectivity index (χ4v) is 1.29. The molecule has 15 heavy (non-hydrogen) atoms. The number of halogens is 1. The monoisotopic (exact) mass is 230 g/mol. The zero-order valence-corrected chi connectivity index (χ0v) is 9.62. The molecule has 0 bridgehead atoms. The van der Waals surface area contributed by atoms with Gasteiger partial charge in [0.15, 0.2) is 0 Å². The number of nitrogens with two attached hydrogens (primary N) is 1. The Bertz CT molecular complexity index is 300. The summed E-state index contributed by atoms with van der Waals surface area (Å²) in [5.41, 5.74) is 6.14. The van der Waals surface area contributed by atoms with Crippen LogP contribution in [0.25, 0.3) is 0 Å². The smallest absolute Gasteiger partial charge is 0.217 e. The third kappa shape index (κ3) is 4.36. The van der Waals surface area contributed by atoms with Gasteiger partial charge in [0.25, 0.3) is 0 Å². The molecule has 0 saturated carbocycles. The highest BCUT2D eigenvalue weighted by Crippen LogP contribution is 2.18. The Balaban J connectivity index is 2.56. The summed E-state index contributed by atoms with van der Waals surface area (Å²) < 4.78 is 10.7. The van der Waals surface area contributed by atoms with Gasteiger partial charge < -0.3 is 15.2 Å². The Hall–Kier alpha value is -1.00. The fourth-order valence-electron chi connectivity index (χ4n) is 1.08. The molecule has 0 fully saturated rings. The van der Waals surface area contributed by atoms with E-state index in [9.17, 15) is 0 Å². The standard InChI is InChI=1S/C10H15ClN2O2/c1-3-14-6-7(2)15-10-5-8(12)4-9(11)13-10/h4-5,7H,3,6H2,1-2H3,(H2,12,13). The molecule has 0 spiro atoms. The molecular weight excluding hydrogens is 216 g/mol. The molecule has 0 amide bonds. The van der Waals surface area contributed by atoms with Gasteiger partial charge in [-0.2, -0.15) is 0 Å². The van der Waals surface area contributed by atoms with Crippen LogP contribution in [0.2, 0.25) is 5.15 Å². The van der Waals surface area contributed by atoms with Crippen LogP contribution in [0.4, 0.5) is 5.69 Å². The largest absolute Gasteiger partial charge is 0.472 e. The van der Waals surface area contributed by atoms with Crippen LogP contribution >= 0.6 is 11.6 Å². The molecule has 1 heterocycles. The van der Waals surface area contributed by atoms with Crippen LogP contribution in [0.3, 0.4) is 0 Å². The minimum absolute atomic E-state index is 0.0738. The maximum absolute atomic E-state index is 5.74. The van der Waals surface area contributed by atoms with Crippen molar-refractivity contribution in [1.82, 2.24) is 4.98 Å². The molecule has 0 saturated heterocycles. The van der Waals surface area contributed by atoms with Crippen molar-refractivity contribution < 1.29 is 9.47 Å². The molecule has 1 atom stereocenters. The lowest BCUT2D eigenvalue weighted by Crippen LogP contribution is -2.19. The van der Waals surface area contributed by atoms with E-state index in [0.29, 0.717) is 29.9 Å². The Morgan fingerprint density at radius 1 is 1.53 bits per heavy atom. The van der Waals surface area contributed by atoms with Crippen LogP contribution in [0.15, 0.2) is 12.1 Å². The summed E-state index contributed by atoms with van der Waals surface area (Å²) in [6, 6.07) is 3.20. The number of ether oxygens (including phenoxy) is 2. The third-order valence-corrected chi connectivity index (χ3v) is 1.87. The van der Waals surface area contributed by atoms with Crippen molar-refractivity contribution in [3.05, 3.63) is 17.3 Å². The van der Waals surface area contributed by atoms with E-state index in [1.807, 2.05) is 13.8 Å². The Kier molecular flexibility index (Phi) is 4.65. The number of anilines is 1. The number of nitrogen functional groups attached to an aromatic ring is 1. The minimum atomic E-state index is -0.0738. The number of nitrogens with zero attached hydrogens (tertiary/aromatic N) is 1. The van der Waals surface area contributed by atoms with Crippen LogP contribution in [-0.2, 0) is 4.74 Å². The molecule has 0 aliphatic rings. The predicted molar refractivity (Wildman–Crippen MR) is 60.2 cm³/mol. The molecular formula is C10H15ClN2O2. The Labute approximate surface area is 94.3 Å². The lowest BCUT2D eigenvalue weighted by Gasteiger charge is -2.13. The first kappa shape index (κ1) is 12.1. The van der Waals surface area contributed by atoms with Gasteiger partial charge in [-0.25, -0.2) is 4.98 Å². The average Bonchev–Trinajstić information content (AvgIpc) is 2.13. The highest BCUT2D eigenvalue weighted by molar-refractivity contribution is 6.29. The van der Waals surface area contributed by atoms with Gasteiger partial charge >= 0.3 is 0 Å². The van der Waals surface area contributed by atoms with Gasteiger partial charge in [-0.15, -0.1) is 0 Å². The zero-order valence-electron chi connectivity index (χ0n) is 8.87. The maximum atomic E-state index is 5.74. The molecule has 0 radical (unpaired) electrons. The van der Waals surface area contributed by atoms with E-state index in [-0.39, 0.29) is 6.10 Å². The van der Waals surface area contributed by atoms with Crippen molar-refractivity contribution in [2.45, 2.75) is 20.0 Å². The summed E-state index contributed by atoms with van der Waals surface area (Å²) in [6.07, 6.45) is -0.0738. The highest BCUT2D eigenvalue weighted by Gasteiger charge is 2.06. The molecule has 4 nitrogen and oxygen atoms in total. The first-order chi connectivity index (χ1) is 7.11. The lowest BCUT2D eigenvalue weighted by molar-refractivity contribution is 0.0634. The minimum Gasteiger partial charge on any atom is -0.472 e. The van der Waals surface area contributed by atoms with Gasteiger partial charge in [0, 0.05) is 18.4 Å². The summed E-state index contributed by atoms with van der Waals surface area (Å²) in [5.74, 6) is 0.423. The fraction of sp³-hybridized carbons (Fsp3) is 0.500. The summed E-state index contributed by atoms with van der Waals surface area (Å²) in [7, 11) is 0. The molecule has 1 rings (SSSR count). The second-order valence-electron chi connectivity index (χ2n) is 3.15. The quantitative estimate of drug-likeness (QED) is 0.788. The van der Waals surface area contributed by atoms with Crippen LogP contribution in [0.1, 0.15) is 13.8 Å². The molecule has 84 valence electrons. The van der Waals surface area contributed by atoms with Gasteiger partial charge in [0.2, 0.25) is 5.88 Å². The number of aromatic nitrogens is 1. The summed E-state index contributed by atoms with van der Waals surface area (Å²) in [5, 5.41) is 0.327. The predicted octanol–water partition coefficient (Wildman–Crippen LogP) is 2.12. The number of rotatable bonds is 5. The van der Waals surface area contributed by atoms with Crippen molar-refractivity contribution in [1.29, 1.82) is 0 Å². The molecule has 0 aliphatic heterocycles. The average molecular weight is 231 g/mol. The summed E-state index contributed by atoms with van der Waals surface area (Å²) >= 11 is 5.74. The van der Waals surface area contributed by atoms with Gasteiger partial charge in [-0.3, -0.25) is 0 Å². The van der Waals surface area contributed by atoms with Crippen molar-refractivity contribution in [3.8, 4) is 5.88 Å². The van der Waals surface area contributed by atoms with E-state index in [2.05, 4.69) is 4.98 Å². The molecule has 1 unspecified atom stereocenters. The molecule has 2 N–H and O–H groups in total. The van der Waals surface area contributed by atoms with E-state index < -0.39 is 0 Å². The topological polar surface area (TPSA) is 57.4 Å². The van der Waals surface area contributed by atoms with Crippen molar-refractivity contribution in [3.63, 3.8) is 0 Å².